The number of fused-ring (bicyclic) bond motifs is 2. The molecule has 4 rings (SSSR count). The van der Waals surface area contributed by atoms with Crippen LogP contribution in [0, 0.1) is 18.8 Å². The first-order valence-electron chi connectivity index (χ1n) is 15.6. The number of pyridine rings is 1. The number of hydrogen-bond donors (Lipinski definition) is 4. The maximum atomic E-state index is 13.3. The Balaban J connectivity index is 0.00000271. The molecule has 0 saturated carbocycles. The van der Waals surface area contributed by atoms with E-state index in [0.717, 1.165) is 25.9 Å². The van der Waals surface area contributed by atoms with E-state index < -0.39 is 35.1 Å². The molecule has 4 amide bonds. The normalized spacial score (nSPS) is 20.9. The lowest BCUT2D eigenvalue weighted by atomic mass is 9.82. The Morgan fingerprint density at radius 2 is 1.89 bits per heavy atom. The minimum Gasteiger partial charge on any atom is -0.353 e. The summed E-state index contributed by atoms with van der Waals surface area (Å²) in [5.41, 5.74) is 0.0944. The van der Waals surface area contributed by atoms with Gasteiger partial charge in [-0.2, -0.15) is 5.10 Å². The van der Waals surface area contributed by atoms with Gasteiger partial charge in [0, 0.05) is 39.8 Å². The second kappa shape index (κ2) is 16.1. The molecule has 2 bridgehead atoms. The van der Waals surface area contributed by atoms with Gasteiger partial charge in [0.15, 0.2) is 0 Å². The van der Waals surface area contributed by atoms with Gasteiger partial charge in [0.1, 0.15) is 24.0 Å². The van der Waals surface area contributed by atoms with Crippen LogP contribution in [-0.2, 0) is 32.8 Å². The van der Waals surface area contributed by atoms with Gasteiger partial charge in [-0.15, -0.1) is 0 Å². The van der Waals surface area contributed by atoms with Gasteiger partial charge in [0.2, 0.25) is 17.6 Å². The van der Waals surface area contributed by atoms with E-state index in [-0.39, 0.29) is 42.8 Å². The number of ketones is 1. The topological polar surface area (TPSA) is 177 Å². The highest BCUT2D eigenvalue weighted by Gasteiger charge is 2.36. The van der Waals surface area contributed by atoms with Gasteiger partial charge in [0.25, 0.3) is 17.4 Å². The van der Waals surface area contributed by atoms with Gasteiger partial charge in [-0.05, 0) is 62.1 Å². The fourth-order valence-corrected chi connectivity index (χ4v) is 6.03. The third-order valence-electron chi connectivity index (χ3n) is 8.19. The number of carbonyl (C=O) groups excluding carboxylic acids is 5. The number of aryl methyl sites for hydroxylation is 2. The average Bonchev–Trinajstić information content (AvgIpc) is 3.37. The average molecular weight is 627 g/mol. The lowest BCUT2D eigenvalue weighted by Crippen LogP contribution is -2.59. The smallest absolute Gasteiger partial charge is 0.287 e. The molecule has 0 aliphatic carbocycles. The third kappa shape index (κ3) is 8.87. The summed E-state index contributed by atoms with van der Waals surface area (Å²) in [6, 6.07) is 1.67. The van der Waals surface area contributed by atoms with Crippen molar-refractivity contribution < 1.29 is 24.0 Å². The number of nitrogens with one attached hydrogen (secondary N) is 4. The lowest BCUT2D eigenvalue weighted by molar-refractivity contribution is -0.137. The van der Waals surface area contributed by atoms with Crippen LogP contribution in [0.3, 0.4) is 0 Å². The molecule has 0 aromatic carbocycles. The Hall–Kier alpha value is -4.33. The van der Waals surface area contributed by atoms with E-state index in [1.807, 2.05) is 13.8 Å². The van der Waals surface area contributed by atoms with Crippen molar-refractivity contribution in [1.29, 1.82) is 0 Å². The van der Waals surface area contributed by atoms with Crippen LogP contribution in [-0.4, -0.2) is 81.0 Å². The van der Waals surface area contributed by atoms with Gasteiger partial charge >= 0.3 is 0 Å². The fraction of sp³-hybridized carbons (Fsp3) is 0.581. The molecule has 4 unspecified atom stereocenters. The maximum Gasteiger partial charge on any atom is 0.287 e. The maximum absolute atomic E-state index is 13.3. The molecule has 0 radical (unpaired) electrons. The molecule has 246 valence electrons. The van der Waals surface area contributed by atoms with Crippen molar-refractivity contribution in [3.05, 3.63) is 46.1 Å². The molecule has 0 spiro atoms. The molecule has 2 fully saturated rings. The predicted octanol–water partition coefficient (Wildman–Crippen LogP) is 0.943. The molecule has 4 heterocycles. The van der Waals surface area contributed by atoms with Gasteiger partial charge < -0.3 is 25.8 Å². The van der Waals surface area contributed by atoms with Gasteiger partial charge in [0.05, 0.1) is 12.4 Å². The summed E-state index contributed by atoms with van der Waals surface area (Å²) in [5, 5.41) is 14.5. The first-order chi connectivity index (χ1) is 21.5. The second-order valence-electron chi connectivity index (χ2n) is 11.4. The van der Waals surface area contributed by atoms with Crippen LogP contribution in [0.4, 0.5) is 5.69 Å². The number of aromatic nitrogens is 3. The Morgan fingerprint density at radius 1 is 1.16 bits per heavy atom. The van der Waals surface area contributed by atoms with Crippen LogP contribution in [0.15, 0.2) is 29.3 Å². The summed E-state index contributed by atoms with van der Waals surface area (Å²) in [4.78, 5) is 78.7. The van der Waals surface area contributed by atoms with Gasteiger partial charge in [-0.1, -0.05) is 20.8 Å². The van der Waals surface area contributed by atoms with Crippen LogP contribution in [0.1, 0.15) is 68.9 Å². The number of Topliss-reactive ketones (excluding diaryl/α,β-unsaturated/α-hetero) is 1. The van der Waals surface area contributed by atoms with Crippen LogP contribution >= 0.6 is 0 Å². The standard InChI is InChI=1S/C29H40N8O6.C2H6/c1-17-13-19-7-5-11-36(15-19)25(17)34-23(39)16-37-12-6-8-21(29(37)43)33-26(40)20(9-10-22(38)27(41)30-3)32-28(42)24-18(2)14-31-35(24)4;1-2/h6,8,12,14,17,19-20,25H,5,7,9-11,13,15-16H2,1-4H3,(H,30,41)(H,32,42)(H,33,40)(H,34,39);1-2H3/t17?,19?,20-,25?;/m0./s1. The van der Waals surface area contributed by atoms with Crippen LogP contribution in [0.5, 0.6) is 0 Å². The zero-order chi connectivity index (χ0) is 33.3. The minimum absolute atomic E-state index is 0.0902. The summed E-state index contributed by atoms with van der Waals surface area (Å²) in [5.74, 6) is -2.30. The monoisotopic (exact) mass is 626 g/mol. The molecule has 45 heavy (non-hydrogen) atoms. The summed E-state index contributed by atoms with van der Waals surface area (Å²) < 4.78 is 2.56. The number of likely N-dealkylation sites (N-methyl/N-ethyl adjacent to an activating group) is 1. The number of amides is 4. The molecule has 2 aliphatic rings. The van der Waals surface area contributed by atoms with Crippen molar-refractivity contribution in [2.75, 3.05) is 25.5 Å². The molecule has 2 aromatic rings. The summed E-state index contributed by atoms with van der Waals surface area (Å²) in [6.45, 7) is 9.48. The van der Waals surface area contributed by atoms with E-state index in [4.69, 9.17) is 0 Å². The molecule has 2 aliphatic heterocycles. The molecular weight excluding hydrogens is 580 g/mol. The second-order valence-corrected chi connectivity index (χ2v) is 11.4. The first kappa shape index (κ1) is 35.2. The Kier molecular flexibility index (Phi) is 12.6. The summed E-state index contributed by atoms with van der Waals surface area (Å²) in [7, 11) is 2.89. The van der Waals surface area contributed by atoms with E-state index in [1.54, 1.807) is 14.0 Å². The summed E-state index contributed by atoms with van der Waals surface area (Å²) in [6.07, 6.45) is 5.73. The molecule has 14 nitrogen and oxygen atoms in total. The molecule has 5 atom stereocenters. The first-order valence-corrected chi connectivity index (χ1v) is 15.6. The van der Waals surface area contributed by atoms with Crippen LogP contribution < -0.4 is 26.8 Å². The highest BCUT2D eigenvalue weighted by Crippen LogP contribution is 2.32. The number of piperidine rings is 2. The number of carbonyl (C=O) groups is 5. The van der Waals surface area contributed by atoms with Crippen molar-refractivity contribution >= 4 is 35.1 Å². The van der Waals surface area contributed by atoms with E-state index >= 15 is 0 Å². The van der Waals surface area contributed by atoms with Crippen LogP contribution in [0.2, 0.25) is 0 Å². The zero-order valence-electron chi connectivity index (χ0n) is 27.0. The molecular formula is C31H46N8O6. The number of anilines is 1. The molecule has 4 N–H and O–H groups in total. The Bertz CT molecular complexity index is 1430. The highest BCUT2D eigenvalue weighted by molar-refractivity contribution is 6.36. The van der Waals surface area contributed by atoms with Crippen molar-refractivity contribution in [3.8, 4) is 0 Å². The Morgan fingerprint density at radius 3 is 2.56 bits per heavy atom. The molecule has 2 aromatic heterocycles. The fourth-order valence-electron chi connectivity index (χ4n) is 6.03. The third-order valence-corrected chi connectivity index (χ3v) is 8.19. The van der Waals surface area contributed by atoms with Crippen molar-refractivity contribution in [2.24, 2.45) is 18.9 Å². The quantitative estimate of drug-likeness (QED) is 0.267. The number of rotatable bonds is 11. The van der Waals surface area contributed by atoms with Crippen molar-refractivity contribution in [1.82, 2.24) is 35.2 Å². The van der Waals surface area contributed by atoms with Crippen LogP contribution in [0.25, 0.3) is 0 Å². The van der Waals surface area contributed by atoms with E-state index in [9.17, 15) is 28.8 Å². The zero-order valence-corrected chi connectivity index (χ0v) is 27.0. The summed E-state index contributed by atoms with van der Waals surface area (Å²) >= 11 is 0. The molecule has 2 saturated heterocycles. The number of hydrogen-bond acceptors (Lipinski definition) is 8. The van der Waals surface area contributed by atoms with Crippen molar-refractivity contribution in [2.45, 2.75) is 78.6 Å². The largest absolute Gasteiger partial charge is 0.353 e. The van der Waals surface area contributed by atoms with E-state index in [1.165, 1.54) is 47.2 Å². The number of nitrogens with zero attached hydrogens (tertiary/aromatic N) is 4. The minimum atomic E-state index is -1.26. The predicted molar refractivity (Wildman–Crippen MR) is 168 cm³/mol. The lowest BCUT2D eigenvalue weighted by Gasteiger charge is -2.47. The van der Waals surface area contributed by atoms with E-state index in [2.05, 4.69) is 38.2 Å². The van der Waals surface area contributed by atoms with Gasteiger partial charge in [-0.25, -0.2) is 0 Å². The molecule has 14 heteroatoms. The van der Waals surface area contributed by atoms with Gasteiger partial charge in [-0.3, -0.25) is 38.3 Å². The SMILES string of the molecule is CC.CNC(=O)C(=O)CC[C@H](NC(=O)c1c(C)cnn1C)C(=O)Nc1cccn(CC(=O)NC2C(C)CC3CCCN2C3)c1=O. The van der Waals surface area contributed by atoms with E-state index in [0.29, 0.717) is 17.4 Å². The van der Waals surface area contributed by atoms with Crippen molar-refractivity contribution in [3.63, 3.8) is 0 Å². The highest BCUT2D eigenvalue weighted by atomic mass is 16.2. The Labute approximate surface area is 263 Å².